The van der Waals surface area contributed by atoms with Crippen LogP contribution in [0.1, 0.15) is 33.6 Å². The van der Waals surface area contributed by atoms with E-state index in [0.717, 1.165) is 0 Å². The highest BCUT2D eigenvalue weighted by molar-refractivity contribution is 5.81. The maximum atomic E-state index is 12.6. The molecule has 6 atom stereocenters. The summed E-state index contributed by atoms with van der Waals surface area (Å²) in [6.07, 6.45) is -1.20. The number of fused-ring (bicyclic) bond motifs is 1. The highest BCUT2D eigenvalue weighted by Crippen LogP contribution is 2.56. The number of ether oxygens (including phenoxy) is 3. The molecule has 23 heavy (non-hydrogen) atoms. The van der Waals surface area contributed by atoms with Gasteiger partial charge in [0.15, 0.2) is 6.10 Å². The van der Waals surface area contributed by atoms with Crippen molar-refractivity contribution in [1.29, 1.82) is 0 Å². The van der Waals surface area contributed by atoms with Crippen LogP contribution in [0.5, 0.6) is 0 Å². The van der Waals surface area contributed by atoms with Gasteiger partial charge in [-0.05, 0) is 25.2 Å². The molecule has 0 bridgehead atoms. The fourth-order valence-corrected chi connectivity index (χ4v) is 4.07. The van der Waals surface area contributed by atoms with Crippen molar-refractivity contribution < 1.29 is 34.0 Å². The van der Waals surface area contributed by atoms with Gasteiger partial charge in [-0.25, -0.2) is 0 Å². The molecule has 0 aromatic heterocycles. The minimum absolute atomic E-state index is 0.176. The Morgan fingerprint density at radius 1 is 1.13 bits per heavy atom. The lowest BCUT2D eigenvalue weighted by molar-refractivity contribution is -0.166. The second-order valence-electron chi connectivity index (χ2n) is 7.59. The van der Waals surface area contributed by atoms with Crippen molar-refractivity contribution in [2.45, 2.75) is 58.0 Å². The molecular formula is C16H24O7. The van der Waals surface area contributed by atoms with Gasteiger partial charge in [-0.1, -0.05) is 13.8 Å². The van der Waals surface area contributed by atoms with Crippen LogP contribution in [0.2, 0.25) is 0 Å². The zero-order valence-electron chi connectivity index (χ0n) is 13.7. The lowest BCUT2D eigenvalue weighted by Crippen LogP contribution is -2.44. The molecule has 0 aromatic carbocycles. The van der Waals surface area contributed by atoms with E-state index in [4.69, 9.17) is 14.2 Å². The summed E-state index contributed by atoms with van der Waals surface area (Å²) >= 11 is 0. The first-order chi connectivity index (χ1) is 10.7. The van der Waals surface area contributed by atoms with E-state index in [9.17, 15) is 19.8 Å². The summed E-state index contributed by atoms with van der Waals surface area (Å²) < 4.78 is 16.5. The fraction of sp³-hybridized carbons (Fsp3) is 0.875. The normalized spacial score (nSPS) is 45.0. The Labute approximate surface area is 134 Å². The van der Waals surface area contributed by atoms with Crippen LogP contribution in [0.3, 0.4) is 0 Å². The lowest BCUT2D eigenvalue weighted by Gasteiger charge is -2.37. The maximum absolute atomic E-state index is 12.6. The van der Waals surface area contributed by atoms with Crippen molar-refractivity contribution in [3.8, 4) is 0 Å². The third kappa shape index (κ3) is 2.37. The maximum Gasteiger partial charge on any atom is 0.309 e. The number of carbonyl (C=O) groups is 2. The number of carboxylic acids is 1. The Kier molecular flexibility index (Phi) is 3.93. The Hall–Kier alpha value is -1.18. The molecule has 2 heterocycles. The fourth-order valence-electron chi connectivity index (χ4n) is 4.07. The molecule has 0 aromatic rings. The van der Waals surface area contributed by atoms with E-state index in [2.05, 4.69) is 0 Å². The van der Waals surface area contributed by atoms with Crippen molar-refractivity contribution >= 4 is 11.9 Å². The standard InChI is InChI=1S/C16H24O7/c1-15(2)8(4-5-16(15,3)14(19)20)13(18)23-10-7-22-11-9(17)6-21-12(10)11/h8-12,17H,4-7H2,1-3H3,(H,19,20)/t8?,9-,10+,11+,12+,16?/m0/s1. The molecule has 3 rings (SSSR count). The van der Waals surface area contributed by atoms with Crippen molar-refractivity contribution in [3.05, 3.63) is 0 Å². The van der Waals surface area contributed by atoms with E-state index >= 15 is 0 Å². The smallest absolute Gasteiger partial charge is 0.309 e. The summed E-state index contributed by atoms with van der Waals surface area (Å²) in [7, 11) is 0. The van der Waals surface area contributed by atoms with E-state index in [0.29, 0.717) is 12.8 Å². The number of aliphatic carboxylic acids is 1. The van der Waals surface area contributed by atoms with Gasteiger partial charge in [0, 0.05) is 0 Å². The molecule has 0 amide bonds. The molecule has 7 heteroatoms. The average molecular weight is 328 g/mol. The predicted octanol–water partition coefficient (Wildman–Crippen LogP) is 0.584. The quantitative estimate of drug-likeness (QED) is 0.731. The number of aliphatic hydroxyl groups excluding tert-OH is 1. The molecule has 3 aliphatic rings. The molecule has 1 saturated carbocycles. The zero-order chi connectivity index (χ0) is 17.0. The first kappa shape index (κ1) is 16.7. The summed E-state index contributed by atoms with van der Waals surface area (Å²) in [5.41, 5.74) is -1.66. The second kappa shape index (κ2) is 5.43. The van der Waals surface area contributed by atoms with Gasteiger partial charge in [0.05, 0.1) is 24.5 Å². The van der Waals surface area contributed by atoms with Crippen LogP contribution in [-0.4, -0.2) is 59.8 Å². The molecule has 1 aliphatic carbocycles. The Morgan fingerprint density at radius 3 is 2.39 bits per heavy atom. The minimum atomic E-state index is -0.953. The molecule has 0 spiro atoms. The number of esters is 1. The number of carboxylic acid groups (broad SMARTS) is 1. The molecular weight excluding hydrogens is 304 g/mol. The van der Waals surface area contributed by atoms with Crippen LogP contribution < -0.4 is 0 Å². The SMILES string of the molecule is CC1(C(=O)O)CCC(C(=O)O[C@@H]2CO[C@H]3[C@@H]2OC[C@@H]3O)C1(C)C. The van der Waals surface area contributed by atoms with Gasteiger partial charge in [0.25, 0.3) is 0 Å². The summed E-state index contributed by atoms with van der Waals surface area (Å²) in [6.45, 7) is 5.68. The van der Waals surface area contributed by atoms with Gasteiger partial charge in [-0.15, -0.1) is 0 Å². The third-order valence-corrected chi connectivity index (χ3v) is 6.23. The minimum Gasteiger partial charge on any atom is -0.481 e. The first-order valence-electron chi connectivity index (χ1n) is 8.03. The molecule has 2 saturated heterocycles. The van der Waals surface area contributed by atoms with Crippen molar-refractivity contribution in [1.82, 2.24) is 0 Å². The largest absolute Gasteiger partial charge is 0.481 e. The number of hydrogen-bond acceptors (Lipinski definition) is 6. The van der Waals surface area contributed by atoms with E-state index in [1.807, 2.05) is 13.8 Å². The van der Waals surface area contributed by atoms with Crippen LogP contribution in [0, 0.1) is 16.7 Å². The molecule has 2 N–H and O–H groups in total. The topological polar surface area (TPSA) is 102 Å². The van der Waals surface area contributed by atoms with Gasteiger partial charge in [0.2, 0.25) is 0 Å². The Morgan fingerprint density at radius 2 is 1.78 bits per heavy atom. The van der Waals surface area contributed by atoms with Crippen LogP contribution in [0.4, 0.5) is 0 Å². The van der Waals surface area contributed by atoms with Gasteiger partial charge in [-0.2, -0.15) is 0 Å². The van der Waals surface area contributed by atoms with E-state index in [1.165, 1.54) is 0 Å². The summed E-state index contributed by atoms with van der Waals surface area (Å²) in [6, 6.07) is 0. The number of carbonyl (C=O) groups excluding carboxylic acids is 1. The highest BCUT2D eigenvalue weighted by atomic mass is 16.6. The molecule has 130 valence electrons. The third-order valence-electron chi connectivity index (χ3n) is 6.23. The van der Waals surface area contributed by atoms with E-state index in [-0.39, 0.29) is 13.2 Å². The number of aliphatic hydroxyl groups is 1. The van der Waals surface area contributed by atoms with Crippen molar-refractivity contribution in [2.75, 3.05) is 13.2 Å². The lowest BCUT2D eigenvalue weighted by atomic mass is 9.66. The van der Waals surface area contributed by atoms with Gasteiger partial charge < -0.3 is 24.4 Å². The van der Waals surface area contributed by atoms with Gasteiger partial charge >= 0.3 is 11.9 Å². The molecule has 2 aliphatic heterocycles. The van der Waals surface area contributed by atoms with Gasteiger partial charge in [-0.3, -0.25) is 9.59 Å². The highest BCUT2D eigenvalue weighted by Gasteiger charge is 2.59. The first-order valence-corrected chi connectivity index (χ1v) is 8.03. The van der Waals surface area contributed by atoms with Crippen LogP contribution in [-0.2, 0) is 23.8 Å². The van der Waals surface area contributed by atoms with Crippen molar-refractivity contribution in [2.24, 2.45) is 16.7 Å². The van der Waals surface area contributed by atoms with Crippen LogP contribution in [0.25, 0.3) is 0 Å². The molecule has 0 radical (unpaired) electrons. The predicted molar refractivity (Wildman–Crippen MR) is 77.6 cm³/mol. The monoisotopic (exact) mass is 328 g/mol. The van der Waals surface area contributed by atoms with Crippen LogP contribution >= 0.6 is 0 Å². The van der Waals surface area contributed by atoms with E-state index < -0.39 is 53.1 Å². The average Bonchev–Trinajstić information content (AvgIpc) is 3.08. The number of hydrogen-bond donors (Lipinski definition) is 2. The van der Waals surface area contributed by atoms with Crippen LogP contribution in [0.15, 0.2) is 0 Å². The number of rotatable bonds is 3. The molecule has 2 unspecified atom stereocenters. The summed E-state index contributed by atoms with van der Waals surface area (Å²) in [4.78, 5) is 24.2. The van der Waals surface area contributed by atoms with E-state index in [1.54, 1.807) is 6.92 Å². The molecule has 3 fully saturated rings. The Balaban J connectivity index is 1.69. The Bertz CT molecular complexity index is 517. The summed E-state index contributed by atoms with van der Waals surface area (Å²) in [5, 5.41) is 19.2. The summed E-state index contributed by atoms with van der Waals surface area (Å²) in [5.74, 6) is -1.77. The second-order valence-corrected chi connectivity index (χ2v) is 7.59. The van der Waals surface area contributed by atoms with Gasteiger partial charge in [0.1, 0.15) is 18.3 Å². The molecule has 7 nitrogen and oxygen atoms in total. The van der Waals surface area contributed by atoms with Crippen molar-refractivity contribution in [3.63, 3.8) is 0 Å². The zero-order valence-corrected chi connectivity index (χ0v) is 13.7.